The predicted octanol–water partition coefficient (Wildman–Crippen LogP) is 4.31. The minimum absolute atomic E-state index is 0.250. The van der Waals surface area contributed by atoms with Crippen molar-refractivity contribution in [2.45, 2.75) is 26.3 Å². The minimum atomic E-state index is -0.431. The molecule has 2 aromatic carbocycles. The molecule has 0 fully saturated rings. The van der Waals surface area contributed by atoms with E-state index in [-0.39, 0.29) is 23.0 Å². The molecule has 2 aromatic rings. The third-order valence-corrected chi connectivity index (χ3v) is 3.55. The van der Waals surface area contributed by atoms with Crippen LogP contribution in [0.3, 0.4) is 0 Å². The summed E-state index contributed by atoms with van der Waals surface area (Å²) in [6, 6.07) is 8.61. The number of hydrogen-bond donors (Lipinski definition) is 1. The van der Waals surface area contributed by atoms with Crippen molar-refractivity contribution in [3.63, 3.8) is 0 Å². The molecule has 0 aliphatic heterocycles. The van der Waals surface area contributed by atoms with Crippen molar-refractivity contribution in [3.8, 4) is 0 Å². The van der Waals surface area contributed by atoms with Gasteiger partial charge in [0.1, 0.15) is 17.5 Å². The van der Waals surface area contributed by atoms with Gasteiger partial charge in [-0.2, -0.15) is 0 Å². The summed E-state index contributed by atoms with van der Waals surface area (Å²) in [5.41, 5.74) is 1.18. The first-order valence-electron chi connectivity index (χ1n) is 6.91. The largest absolute Gasteiger partial charge is 0.310 e. The van der Waals surface area contributed by atoms with E-state index in [1.165, 1.54) is 25.1 Å². The zero-order chi connectivity index (χ0) is 15.4. The van der Waals surface area contributed by atoms with E-state index in [0.717, 1.165) is 0 Å². The highest BCUT2D eigenvalue weighted by atomic mass is 19.1. The van der Waals surface area contributed by atoms with Gasteiger partial charge in [-0.15, -0.1) is 0 Å². The van der Waals surface area contributed by atoms with Crippen molar-refractivity contribution in [3.05, 3.63) is 70.5 Å². The Labute approximate surface area is 122 Å². The topological polar surface area (TPSA) is 12.0 Å². The van der Waals surface area contributed by atoms with E-state index in [1.54, 1.807) is 25.1 Å². The monoisotopic (exact) mass is 293 g/mol. The lowest BCUT2D eigenvalue weighted by molar-refractivity contribution is 0.515. The predicted molar refractivity (Wildman–Crippen MR) is 77.6 cm³/mol. The number of benzene rings is 2. The van der Waals surface area contributed by atoms with Gasteiger partial charge in [0.15, 0.2) is 0 Å². The van der Waals surface area contributed by atoms with Gasteiger partial charge in [0.05, 0.1) is 0 Å². The van der Waals surface area contributed by atoms with Crippen molar-refractivity contribution in [2.24, 2.45) is 0 Å². The quantitative estimate of drug-likeness (QED) is 0.866. The van der Waals surface area contributed by atoms with Crippen LogP contribution in [0.15, 0.2) is 36.4 Å². The Morgan fingerprint density at radius 3 is 2.43 bits per heavy atom. The van der Waals surface area contributed by atoms with Crippen LogP contribution < -0.4 is 5.32 Å². The molecule has 1 N–H and O–H groups in total. The van der Waals surface area contributed by atoms with Crippen LogP contribution in [0.5, 0.6) is 0 Å². The molecule has 1 nitrogen and oxygen atoms in total. The van der Waals surface area contributed by atoms with Crippen molar-refractivity contribution < 1.29 is 13.2 Å². The maximum Gasteiger partial charge on any atom is 0.128 e. The molecule has 0 heterocycles. The average Bonchev–Trinajstić information content (AvgIpc) is 2.44. The Hall–Kier alpha value is -1.81. The Kier molecular flexibility index (Phi) is 5.02. The fraction of sp³-hybridized carbons (Fsp3) is 0.294. The van der Waals surface area contributed by atoms with Gasteiger partial charge < -0.3 is 5.32 Å². The van der Waals surface area contributed by atoms with E-state index >= 15 is 0 Å². The van der Waals surface area contributed by atoms with Gasteiger partial charge >= 0.3 is 0 Å². The molecular weight excluding hydrogens is 275 g/mol. The second-order valence-corrected chi connectivity index (χ2v) is 5.14. The van der Waals surface area contributed by atoms with Crippen LogP contribution in [0.25, 0.3) is 0 Å². The number of nitrogens with one attached hydrogen (secondary N) is 1. The van der Waals surface area contributed by atoms with Gasteiger partial charge in [-0.3, -0.25) is 0 Å². The lowest BCUT2D eigenvalue weighted by Gasteiger charge is -2.16. The Morgan fingerprint density at radius 1 is 1.00 bits per heavy atom. The second-order valence-electron chi connectivity index (χ2n) is 5.14. The van der Waals surface area contributed by atoms with Gasteiger partial charge in [-0.05, 0) is 56.1 Å². The van der Waals surface area contributed by atoms with E-state index in [4.69, 9.17) is 0 Å². The molecule has 21 heavy (non-hydrogen) atoms. The van der Waals surface area contributed by atoms with Gasteiger partial charge in [0.2, 0.25) is 0 Å². The normalized spacial score (nSPS) is 12.4. The molecule has 1 atom stereocenters. The second kappa shape index (κ2) is 6.76. The fourth-order valence-corrected chi connectivity index (χ4v) is 2.23. The van der Waals surface area contributed by atoms with Crippen LogP contribution in [0, 0.1) is 24.4 Å². The van der Waals surface area contributed by atoms with Crippen LogP contribution in [-0.4, -0.2) is 6.54 Å². The molecular formula is C17H18F3N. The molecule has 1 unspecified atom stereocenters. The average molecular weight is 293 g/mol. The number of halogens is 3. The maximum absolute atomic E-state index is 13.8. The SMILES string of the molecule is Cc1cc(F)c(C(C)NCCc2ccccc2F)cc1F. The van der Waals surface area contributed by atoms with E-state index < -0.39 is 11.6 Å². The fourth-order valence-electron chi connectivity index (χ4n) is 2.23. The van der Waals surface area contributed by atoms with Crippen molar-refractivity contribution >= 4 is 0 Å². The summed E-state index contributed by atoms with van der Waals surface area (Å²) >= 11 is 0. The van der Waals surface area contributed by atoms with Gasteiger partial charge in [-0.25, -0.2) is 13.2 Å². The Balaban J connectivity index is 1.98. The molecule has 0 saturated carbocycles. The summed E-state index contributed by atoms with van der Waals surface area (Å²) in [4.78, 5) is 0. The lowest BCUT2D eigenvalue weighted by Crippen LogP contribution is -2.22. The van der Waals surface area contributed by atoms with E-state index in [1.807, 2.05) is 0 Å². The highest BCUT2D eigenvalue weighted by molar-refractivity contribution is 5.27. The Bertz CT molecular complexity index is 625. The molecule has 0 radical (unpaired) electrons. The summed E-state index contributed by atoms with van der Waals surface area (Å²) in [7, 11) is 0. The first kappa shape index (κ1) is 15.6. The molecule has 0 spiro atoms. The molecule has 0 aliphatic carbocycles. The number of aryl methyl sites for hydroxylation is 1. The summed E-state index contributed by atoms with van der Waals surface area (Å²) in [5.74, 6) is -1.10. The first-order chi connectivity index (χ1) is 9.99. The third kappa shape index (κ3) is 3.85. The van der Waals surface area contributed by atoms with Gasteiger partial charge in [-0.1, -0.05) is 18.2 Å². The standard InChI is InChI=1S/C17H18F3N/c1-11-9-17(20)14(10-16(11)19)12(2)21-8-7-13-5-3-4-6-15(13)18/h3-6,9-10,12,21H,7-8H2,1-2H3. The molecule has 0 amide bonds. The third-order valence-electron chi connectivity index (χ3n) is 3.55. The van der Waals surface area contributed by atoms with E-state index in [2.05, 4.69) is 5.32 Å². The zero-order valence-electron chi connectivity index (χ0n) is 12.1. The number of hydrogen-bond acceptors (Lipinski definition) is 1. The molecule has 2 rings (SSSR count). The Morgan fingerprint density at radius 2 is 1.71 bits per heavy atom. The van der Waals surface area contributed by atoms with E-state index in [0.29, 0.717) is 18.5 Å². The van der Waals surface area contributed by atoms with Crippen molar-refractivity contribution in [1.82, 2.24) is 5.32 Å². The molecule has 0 aliphatic rings. The lowest BCUT2D eigenvalue weighted by atomic mass is 10.0. The van der Waals surface area contributed by atoms with Crippen LogP contribution in [0.4, 0.5) is 13.2 Å². The van der Waals surface area contributed by atoms with Crippen LogP contribution in [-0.2, 0) is 6.42 Å². The van der Waals surface area contributed by atoms with Gasteiger partial charge in [0, 0.05) is 11.6 Å². The van der Waals surface area contributed by atoms with Crippen molar-refractivity contribution in [1.29, 1.82) is 0 Å². The summed E-state index contributed by atoms with van der Waals surface area (Å²) in [6.07, 6.45) is 0.493. The van der Waals surface area contributed by atoms with Crippen molar-refractivity contribution in [2.75, 3.05) is 6.54 Å². The molecule has 112 valence electrons. The molecule has 0 aromatic heterocycles. The smallest absolute Gasteiger partial charge is 0.128 e. The van der Waals surface area contributed by atoms with Gasteiger partial charge in [0.25, 0.3) is 0 Å². The summed E-state index contributed by atoms with van der Waals surface area (Å²) in [6.45, 7) is 3.77. The minimum Gasteiger partial charge on any atom is -0.310 e. The van der Waals surface area contributed by atoms with Crippen LogP contribution >= 0.6 is 0 Å². The van der Waals surface area contributed by atoms with E-state index in [9.17, 15) is 13.2 Å². The van der Waals surface area contributed by atoms with Crippen LogP contribution in [0.2, 0.25) is 0 Å². The summed E-state index contributed by atoms with van der Waals surface area (Å²) in [5, 5.41) is 3.09. The highest BCUT2D eigenvalue weighted by Gasteiger charge is 2.13. The molecule has 4 heteroatoms. The maximum atomic E-state index is 13.8. The number of rotatable bonds is 5. The van der Waals surface area contributed by atoms with Crippen LogP contribution in [0.1, 0.15) is 29.7 Å². The molecule has 0 saturated heterocycles. The molecule has 0 bridgehead atoms. The first-order valence-corrected chi connectivity index (χ1v) is 6.91. The summed E-state index contributed by atoms with van der Waals surface area (Å²) < 4.78 is 40.8. The zero-order valence-corrected chi connectivity index (χ0v) is 12.1. The highest BCUT2D eigenvalue weighted by Crippen LogP contribution is 2.20.